The SMILES string of the molecule is CCCSCCCC(CC)(CO)NC1CC1. The van der Waals surface area contributed by atoms with Crippen molar-refractivity contribution in [1.29, 1.82) is 0 Å². The fraction of sp³-hybridized carbons (Fsp3) is 1.00. The smallest absolute Gasteiger partial charge is 0.0613 e. The summed E-state index contributed by atoms with van der Waals surface area (Å²) in [6.45, 7) is 4.70. The minimum atomic E-state index is 0.00788. The van der Waals surface area contributed by atoms with Gasteiger partial charge in [-0.1, -0.05) is 13.8 Å². The topological polar surface area (TPSA) is 32.3 Å². The molecule has 0 amide bonds. The van der Waals surface area contributed by atoms with Gasteiger partial charge >= 0.3 is 0 Å². The molecule has 0 heterocycles. The largest absolute Gasteiger partial charge is 0.394 e. The Hall–Kier alpha value is 0.270. The van der Waals surface area contributed by atoms with Crippen molar-refractivity contribution in [2.24, 2.45) is 0 Å². The predicted molar refractivity (Wildman–Crippen MR) is 73.1 cm³/mol. The van der Waals surface area contributed by atoms with Gasteiger partial charge in [-0.05, 0) is 50.0 Å². The second-order valence-electron chi connectivity index (χ2n) is 4.93. The van der Waals surface area contributed by atoms with E-state index in [-0.39, 0.29) is 5.54 Å². The summed E-state index contributed by atoms with van der Waals surface area (Å²) >= 11 is 2.04. The Morgan fingerprint density at radius 1 is 1.31 bits per heavy atom. The highest BCUT2D eigenvalue weighted by Gasteiger charge is 2.33. The first-order valence-corrected chi connectivity index (χ1v) is 7.88. The molecular formula is C13H27NOS. The molecule has 1 atom stereocenters. The number of nitrogens with one attached hydrogen (secondary N) is 1. The third-order valence-electron chi connectivity index (χ3n) is 3.36. The van der Waals surface area contributed by atoms with Gasteiger partial charge in [0.1, 0.15) is 0 Å². The van der Waals surface area contributed by atoms with Crippen LogP contribution in [0.3, 0.4) is 0 Å². The highest BCUT2D eigenvalue weighted by Crippen LogP contribution is 2.27. The monoisotopic (exact) mass is 245 g/mol. The molecule has 16 heavy (non-hydrogen) atoms. The van der Waals surface area contributed by atoms with Crippen LogP contribution < -0.4 is 5.32 Å². The number of thioether (sulfide) groups is 1. The molecule has 1 aliphatic carbocycles. The molecule has 0 bridgehead atoms. The van der Waals surface area contributed by atoms with Crippen molar-refractivity contribution >= 4 is 11.8 Å². The summed E-state index contributed by atoms with van der Waals surface area (Å²) in [5.41, 5.74) is 0.00788. The van der Waals surface area contributed by atoms with Crippen molar-refractivity contribution in [1.82, 2.24) is 5.32 Å². The molecule has 0 aromatic rings. The molecule has 0 aliphatic heterocycles. The van der Waals surface area contributed by atoms with Gasteiger partial charge in [0.2, 0.25) is 0 Å². The number of hydrogen-bond acceptors (Lipinski definition) is 3. The van der Waals surface area contributed by atoms with Crippen LogP contribution in [-0.4, -0.2) is 34.8 Å². The zero-order valence-electron chi connectivity index (χ0n) is 10.8. The average molecular weight is 245 g/mol. The van der Waals surface area contributed by atoms with Crippen LogP contribution >= 0.6 is 11.8 Å². The van der Waals surface area contributed by atoms with E-state index in [0.29, 0.717) is 12.6 Å². The van der Waals surface area contributed by atoms with E-state index in [9.17, 15) is 5.11 Å². The molecule has 0 aromatic carbocycles. The van der Waals surface area contributed by atoms with Gasteiger partial charge in [-0.2, -0.15) is 11.8 Å². The molecule has 0 aromatic heterocycles. The molecule has 0 saturated heterocycles. The van der Waals surface area contributed by atoms with Crippen LogP contribution in [0.2, 0.25) is 0 Å². The second kappa shape index (κ2) is 7.57. The summed E-state index contributed by atoms with van der Waals surface area (Å²) in [4.78, 5) is 0. The number of rotatable bonds is 10. The summed E-state index contributed by atoms with van der Waals surface area (Å²) in [6.07, 6.45) is 7.24. The number of aliphatic hydroxyl groups excluding tert-OH is 1. The van der Waals surface area contributed by atoms with Gasteiger partial charge in [-0.15, -0.1) is 0 Å². The van der Waals surface area contributed by atoms with E-state index in [1.807, 2.05) is 11.8 Å². The molecule has 1 unspecified atom stereocenters. The molecule has 0 radical (unpaired) electrons. The molecule has 1 rings (SSSR count). The van der Waals surface area contributed by atoms with Gasteiger partial charge in [-0.3, -0.25) is 0 Å². The lowest BCUT2D eigenvalue weighted by Gasteiger charge is -2.32. The van der Waals surface area contributed by atoms with Crippen LogP contribution in [0, 0.1) is 0 Å². The lowest BCUT2D eigenvalue weighted by molar-refractivity contribution is 0.144. The predicted octanol–water partition coefficient (Wildman–Crippen LogP) is 2.80. The summed E-state index contributed by atoms with van der Waals surface area (Å²) < 4.78 is 0. The van der Waals surface area contributed by atoms with Crippen molar-refractivity contribution in [3.05, 3.63) is 0 Å². The summed E-state index contributed by atoms with van der Waals surface area (Å²) in [6, 6.07) is 0.690. The van der Waals surface area contributed by atoms with E-state index in [2.05, 4.69) is 19.2 Å². The van der Waals surface area contributed by atoms with E-state index in [1.54, 1.807) is 0 Å². The molecule has 1 saturated carbocycles. The first-order valence-electron chi connectivity index (χ1n) is 6.72. The maximum Gasteiger partial charge on any atom is 0.0613 e. The van der Waals surface area contributed by atoms with Gasteiger partial charge < -0.3 is 10.4 Å². The van der Waals surface area contributed by atoms with Crippen LogP contribution in [0.1, 0.15) is 52.4 Å². The van der Waals surface area contributed by atoms with E-state index in [1.165, 1.54) is 37.2 Å². The molecule has 2 N–H and O–H groups in total. The van der Waals surface area contributed by atoms with E-state index in [4.69, 9.17) is 0 Å². The van der Waals surface area contributed by atoms with Crippen molar-refractivity contribution in [3.8, 4) is 0 Å². The summed E-state index contributed by atoms with van der Waals surface area (Å²) in [7, 11) is 0. The maximum absolute atomic E-state index is 9.59. The lowest BCUT2D eigenvalue weighted by Crippen LogP contribution is -2.49. The summed E-state index contributed by atoms with van der Waals surface area (Å²) in [5, 5.41) is 13.2. The molecule has 2 nitrogen and oxygen atoms in total. The van der Waals surface area contributed by atoms with Crippen LogP contribution in [0.4, 0.5) is 0 Å². The average Bonchev–Trinajstić information content (AvgIpc) is 3.11. The fourth-order valence-corrected chi connectivity index (χ4v) is 2.85. The van der Waals surface area contributed by atoms with Gasteiger partial charge in [0.25, 0.3) is 0 Å². The van der Waals surface area contributed by atoms with Crippen molar-refractivity contribution in [2.75, 3.05) is 18.1 Å². The van der Waals surface area contributed by atoms with Crippen molar-refractivity contribution in [3.63, 3.8) is 0 Å². The lowest BCUT2D eigenvalue weighted by atomic mass is 9.91. The van der Waals surface area contributed by atoms with Crippen molar-refractivity contribution in [2.45, 2.75) is 64.0 Å². The van der Waals surface area contributed by atoms with Crippen LogP contribution in [0.25, 0.3) is 0 Å². The Morgan fingerprint density at radius 2 is 2.06 bits per heavy atom. The Bertz CT molecular complexity index is 179. The van der Waals surface area contributed by atoms with Crippen LogP contribution in [0.15, 0.2) is 0 Å². The zero-order chi connectivity index (χ0) is 11.9. The highest BCUT2D eigenvalue weighted by molar-refractivity contribution is 7.99. The highest BCUT2D eigenvalue weighted by atomic mass is 32.2. The normalized spacial score (nSPS) is 19.7. The zero-order valence-corrected chi connectivity index (χ0v) is 11.6. The molecule has 96 valence electrons. The first-order chi connectivity index (χ1) is 7.76. The van der Waals surface area contributed by atoms with E-state index in [0.717, 1.165) is 12.8 Å². The van der Waals surface area contributed by atoms with E-state index < -0.39 is 0 Å². The van der Waals surface area contributed by atoms with Gasteiger partial charge in [0.15, 0.2) is 0 Å². The van der Waals surface area contributed by atoms with E-state index >= 15 is 0 Å². The fourth-order valence-electron chi connectivity index (χ4n) is 2.01. The minimum absolute atomic E-state index is 0.00788. The number of hydrogen-bond donors (Lipinski definition) is 2. The van der Waals surface area contributed by atoms with Crippen molar-refractivity contribution < 1.29 is 5.11 Å². The Balaban J connectivity index is 2.20. The van der Waals surface area contributed by atoms with Crippen LogP contribution in [0.5, 0.6) is 0 Å². The first kappa shape index (κ1) is 14.3. The van der Waals surface area contributed by atoms with Crippen LogP contribution in [-0.2, 0) is 0 Å². The quantitative estimate of drug-likeness (QED) is 0.581. The van der Waals surface area contributed by atoms with Gasteiger partial charge in [-0.25, -0.2) is 0 Å². The third-order valence-corrected chi connectivity index (χ3v) is 4.63. The molecule has 0 spiro atoms. The molecule has 1 aliphatic rings. The Morgan fingerprint density at radius 3 is 2.56 bits per heavy atom. The Labute approximate surface area is 105 Å². The summed E-state index contributed by atoms with van der Waals surface area (Å²) in [5.74, 6) is 2.51. The molecule has 1 fully saturated rings. The third kappa shape index (κ3) is 5.07. The standard InChI is InChI=1S/C13H27NOS/c1-3-9-16-10-5-8-13(4-2,11-15)14-12-6-7-12/h12,14-15H,3-11H2,1-2H3. The van der Waals surface area contributed by atoms with Gasteiger partial charge in [0.05, 0.1) is 6.61 Å². The number of aliphatic hydroxyl groups is 1. The Kier molecular flexibility index (Phi) is 6.78. The maximum atomic E-state index is 9.59. The van der Waals surface area contributed by atoms with Gasteiger partial charge in [0, 0.05) is 11.6 Å². The molecule has 3 heteroatoms. The molecular weight excluding hydrogens is 218 g/mol. The minimum Gasteiger partial charge on any atom is -0.394 e. The second-order valence-corrected chi connectivity index (χ2v) is 6.15.